The summed E-state index contributed by atoms with van der Waals surface area (Å²) < 4.78 is 11.0. The van der Waals surface area contributed by atoms with E-state index in [1.807, 2.05) is 47.8 Å². The van der Waals surface area contributed by atoms with Crippen molar-refractivity contribution in [2.75, 3.05) is 20.8 Å². The molecular formula is C30H36N2O4S. The molecule has 1 heterocycles. The Morgan fingerprint density at radius 3 is 2.41 bits per heavy atom. The monoisotopic (exact) mass is 520 g/mol. The molecule has 1 unspecified atom stereocenters. The van der Waals surface area contributed by atoms with Gasteiger partial charge in [-0.3, -0.25) is 9.59 Å². The summed E-state index contributed by atoms with van der Waals surface area (Å²) in [5, 5.41) is 5.24. The van der Waals surface area contributed by atoms with Gasteiger partial charge in [0.05, 0.1) is 20.6 Å². The van der Waals surface area contributed by atoms with Crippen LogP contribution < -0.4 is 14.8 Å². The fourth-order valence-corrected chi connectivity index (χ4v) is 5.67. The minimum Gasteiger partial charge on any atom is -0.493 e. The first kappa shape index (κ1) is 26.7. The molecule has 1 atom stereocenters. The molecule has 7 heteroatoms. The number of ether oxygens (including phenoxy) is 2. The van der Waals surface area contributed by atoms with E-state index in [1.54, 1.807) is 36.5 Å². The van der Waals surface area contributed by atoms with Crippen LogP contribution in [0.25, 0.3) is 0 Å². The predicted molar refractivity (Wildman–Crippen MR) is 147 cm³/mol. The molecule has 1 aromatic heterocycles. The Bertz CT molecular complexity index is 1140. The number of nitrogens with zero attached hydrogens (tertiary/aromatic N) is 1. The number of carbonyl (C=O) groups excluding carboxylic acids is 2. The summed E-state index contributed by atoms with van der Waals surface area (Å²) >= 11 is 1.55. The van der Waals surface area contributed by atoms with Crippen molar-refractivity contribution in [2.24, 2.45) is 0 Å². The van der Waals surface area contributed by atoms with Crippen LogP contribution in [-0.2, 0) is 22.4 Å². The predicted octanol–water partition coefficient (Wildman–Crippen LogP) is 5.57. The lowest BCUT2D eigenvalue weighted by Gasteiger charge is -2.34. The third-order valence-electron chi connectivity index (χ3n) is 6.95. The third kappa shape index (κ3) is 7.13. The number of rotatable bonds is 11. The molecule has 1 fully saturated rings. The van der Waals surface area contributed by atoms with E-state index in [0.717, 1.165) is 36.1 Å². The zero-order valence-corrected chi connectivity index (χ0v) is 22.5. The van der Waals surface area contributed by atoms with Gasteiger partial charge in [0.1, 0.15) is 6.04 Å². The third-order valence-corrected chi connectivity index (χ3v) is 7.82. The molecule has 0 bridgehead atoms. The van der Waals surface area contributed by atoms with Gasteiger partial charge in [-0.05, 0) is 54.0 Å². The minimum absolute atomic E-state index is 0.0723. The van der Waals surface area contributed by atoms with Crippen LogP contribution in [0, 0.1) is 0 Å². The summed E-state index contributed by atoms with van der Waals surface area (Å²) in [6, 6.07) is 18.8. The van der Waals surface area contributed by atoms with Crippen LogP contribution in [0.3, 0.4) is 0 Å². The molecular weight excluding hydrogens is 484 g/mol. The number of hydrogen-bond acceptors (Lipinski definition) is 5. The summed E-state index contributed by atoms with van der Waals surface area (Å²) in [6.07, 6.45) is 6.27. The average Bonchev–Trinajstić information content (AvgIpc) is 3.44. The second kappa shape index (κ2) is 13.3. The van der Waals surface area contributed by atoms with Gasteiger partial charge in [-0.15, -0.1) is 11.3 Å². The maximum absolute atomic E-state index is 14.0. The summed E-state index contributed by atoms with van der Waals surface area (Å²) in [6.45, 7) is 0.422. The van der Waals surface area contributed by atoms with Gasteiger partial charge in [-0.1, -0.05) is 61.7 Å². The van der Waals surface area contributed by atoms with Crippen molar-refractivity contribution in [1.29, 1.82) is 0 Å². The number of amides is 2. The molecule has 1 aliphatic carbocycles. The lowest BCUT2D eigenvalue weighted by atomic mass is 9.94. The molecule has 1 saturated carbocycles. The van der Waals surface area contributed by atoms with Crippen molar-refractivity contribution in [3.8, 4) is 11.5 Å². The Balaban J connectivity index is 1.69. The first-order chi connectivity index (χ1) is 18.1. The Morgan fingerprint density at radius 1 is 0.973 bits per heavy atom. The van der Waals surface area contributed by atoms with Crippen LogP contribution in [0.4, 0.5) is 0 Å². The topological polar surface area (TPSA) is 67.9 Å². The van der Waals surface area contributed by atoms with Gasteiger partial charge in [-0.25, -0.2) is 0 Å². The second-order valence-electron chi connectivity index (χ2n) is 9.44. The first-order valence-corrected chi connectivity index (χ1v) is 13.8. The van der Waals surface area contributed by atoms with E-state index in [2.05, 4.69) is 17.4 Å². The molecule has 1 aliphatic rings. The Labute approximate surface area is 223 Å². The molecule has 0 spiro atoms. The maximum atomic E-state index is 14.0. The van der Waals surface area contributed by atoms with Crippen molar-refractivity contribution in [1.82, 2.24) is 10.2 Å². The van der Waals surface area contributed by atoms with E-state index in [4.69, 9.17) is 9.47 Å². The number of carbonyl (C=O) groups is 2. The molecule has 0 radical (unpaired) electrons. The van der Waals surface area contributed by atoms with Crippen molar-refractivity contribution >= 4 is 23.2 Å². The molecule has 1 N–H and O–H groups in total. The van der Waals surface area contributed by atoms with E-state index in [9.17, 15) is 9.59 Å². The van der Waals surface area contributed by atoms with E-state index in [0.29, 0.717) is 30.0 Å². The van der Waals surface area contributed by atoms with Crippen LogP contribution in [0.15, 0.2) is 66.0 Å². The highest BCUT2D eigenvalue weighted by molar-refractivity contribution is 7.10. The normalized spacial score (nSPS) is 14.5. The molecule has 0 saturated heterocycles. The number of benzene rings is 2. The second-order valence-corrected chi connectivity index (χ2v) is 10.5. The van der Waals surface area contributed by atoms with E-state index < -0.39 is 6.04 Å². The van der Waals surface area contributed by atoms with Crippen LogP contribution in [0.5, 0.6) is 11.5 Å². The summed E-state index contributed by atoms with van der Waals surface area (Å²) in [7, 11) is 3.16. The van der Waals surface area contributed by atoms with Gasteiger partial charge < -0.3 is 19.7 Å². The van der Waals surface area contributed by atoms with Crippen LogP contribution in [-0.4, -0.2) is 43.5 Å². The van der Waals surface area contributed by atoms with E-state index in [1.165, 1.54) is 6.42 Å². The quantitative estimate of drug-likeness (QED) is 0.359. The smallest absolute Gasteiger partial charge is 0.247 e. The Morgan fingerprint density at radius 2 is 1.73 bits per heavy atom. The van der Waals surface area contributed by atoms with E-state index >= 15 is 0 Å². The van der Waals surface area contributed by atoms with Gasteiger partial charge >= 0.3 is 0 Å². The van der Waals surface area contributed by atoms with Gasteiger partial charge in [0.25, 0.3) is 0 Å². The lowest BCUT2D eigenvalue weighted by Crippen LogP contribution is -2.48. The molecule has 2 aromatic carbocycles. The van der Waals surface area contributed by atoms with Crippen molar-refractivity contribution in [3.05, 3.63) is 82.0 Å². The first-order valence-electron chi connectivity index (χ1n) is 13.0. The van der Waals surface area contributed by atoms with Gasteiger partial charge in [0.2, 0.25) is 11.8 Å². The highest BCUT2D eigenvalue weighted by Crippen LogP contribution is 2.33. The molecule has 3 aromatic rings. The highest BCUT2D eigenvalue weighted by Gasteiger charge is 2.33. The Kier molecular flexibility index (Phi) is 9.60. The minimum atomic E-state index is -0.780. The van der Waals surface area contributed by atoms with Crippen molar-refractivity contribution in [3.63, 3.8) is 0 Å². The number of nitrogens with one attached hydrogen (secondary N) is 1. The Hall–Kier alpha value is -3.32. The van der Waals surface area contributed by atoms with Crippen LogP contribution >= 0.6 is 11.3 Å². The zero-order chi connectivity index (χ0) is 26.0. The lowest BCUT2D eigenvalue weighted by molar-refractivity contribution is -0.140. The maximum Gasteiger partial charge on any atom is 0.247 e. The number of methoxy groups -OCH3 is 2. The van der Waals surface area contributed by atoms with Crippen molar-refractivity contribution < 1.29 is 19.1 Å². The molecule has 2 amide bonds. The van der Waals surface area contributed by atoms with E-state index in [-0.39, 0.29) is 24.3 Å². The number of thiophene rings is 1. The number of hydrogen-bond donors (Lipinski definition) is 1. The van der Waals surface area contributed by atoms with Gasteiger partial charge in [0, 0.05) is 17.5 Å². The van der Waals surface area contributed by atoms with Crippen LogP contribution in [0.2, 0.25) is 0 Å². The molecule has 37 heavy (non-hydrogen) atoms. The average molecular weight is 521 g/mol. The summed E-state index contributed by atoms with van der Waals surface area (Å²) in [4.78, 5) is 30.5. The standard InChI is InChI=1S/C30H36N2O4S/c1-35-26-16-15-23(20-27(26)36-2)29(30(34)31-24-12-7-4-8-13-24)32(18-17-22-10-5-3-6-11-22)28(33)21-25-14-9-19-37-25/h3,5-6,9-11,14-16,19-20,24,29H,4,7-8,12-13,17-18,21H2,1-2H3,(H,31,34). The molecule has 196 valence electrons. The highest BCUT2D eigenvalue weighted by atomic mass is 32.1. The summed E-state index contributed by atoms with van der Waals surface area (Å²) in [5.41, 5.74) is 1.83. The molecule has 0 aliphatic heterocycles. The zero-order valence-electron chi connectivity index (χ0n) is 21.7. The van der Waals surface area contributed by atoms with Crippen LogP contribution in [0.1, 0.15) is 54.1 Å². The largest absolute Gasteiger partial charge is 0.493 e. The SMILES string of the molecule is COc1ccc(C(C(=O)NC2CCCCC2)N(CCc2ccccc2)C(=O)Cc2cccs2)cc1OC. The summed E-state index contributed by atoms with van der Waals surface area (Å²) in [5.74, 6) is 0.895. The molecule has 4 rings (SSSR count). The fourth-order valence-electron chi connectivity index (χ4n) is 4.98. The van der Waals surface area contributed by atoms with Gasteiger partial charge in [0.15, 0.2) is 11.5 Å². The van der Waals surface area contributed by atoms with Crippen molar-refractivity contribution in [2.45, 2.75) is 57.0 Å². The fraction of sp³-hybridized carbons (Fsp3) is 0.400. The molecule has 6 nitrogen and oxygen atoms in total. The van der Waals surface area contributed by atoms with Gasteiger partial charge in [-0.2, -0.15) is 0 Å².